The standard InChI is InChI=1S/C29H24N4O7S3/c1-15-2-8-18(9-3-15)33-26(36)23-22(16-4-10-19(34)11-5-16)25-28(41-24(23)27(33)37)32(29(38)42-25)14-21(35)31-17-6-12-20(13-7-17)43(30,39)40/h2-13,22-24,34H,14H2,1H3,(H,31,35)(H2,30,39,40). The van der Waals surface area contributed by atoms with Crippen LogP contribution >= 0.6 is 23.1 Å². The van der Waals surface area contributed by atoms with E-state index in [1.807, 2.05) is 19.1 Å². The summed E-state index contributed by atoms with van der Waals surface area (Å²) < 4.78 is 24.3. The van der Waals surface area contributed by atoms with Gasteiger partial charge in [-0.05, 0) is 61.0 Å². The molecule has 3 aromatic carbocycles. The summed E-state index contributed by atoms with van der Waals surface area (Å²) in [6.45, 7) is 1.53. The van der Waals surface area contributed by atoms with Crippen molar-refractivity contribution >= 4 is 62.2 Å². The number of hydrogen-bond donors (Lipinski definition) is 3. The first-order chi connectivity index (χ1) is 20.4. The first-order valence-corrected chi connectivity index (χ1v) is 16.2. The van der Waals surface area contributed by atoms with E-state index in [1.165, 1.54) is 45.9 Å². The molecule has 0 spiro atoms. The number of nitrogens with one attached hydrogen (secondary N) is 1. The number of carbonyl (C=O) groups is 3. The number of aryl methyl sites for hydroxylation is 1. The zero-order chi connectivity index (χ0) is 30.6. The van der Waals surface area contributed by atoms with E-state index in [1.54, 1.807) is 24.3 Å². The average molecular weight is 637 g/mol. The summed E-state index contributed by atoms with van der Waals surface area (Å²) >= 11 is 2.00. The Kier molecular flexibility index (Phi) is 7.24. The number of fused-ring (bicyclic) bond motifs is 2. The fourth-order valence-corrected chi connectivity index (χ4v) is 8.61. The van der Waals surface area contributed by atoms with Crippen molar-refractivity contribution in [2.24, 2.45) is 11.1 Å². The van der Waals surface area contributed by atoms with Gasteiger partial charge in [-0.3, -0.25) is 23.7 Å². The molecule has 11 nitrogen and oxygen atoms in total. The largest absolute Gasteiger partial charge is 0.508 e. The number of benzene rings is 3. The van der Waals surface area contributed by atoms with Crippen molar-refractivity contribution in [1.82, 2.24) is 4.57 Å². The Morgan fingerprint density at radius 3 is 2.23 bits per heavy atom. The third kappa shape index (κ3) is 5.27. The molecular formula is C29H24N4O7S3. The molecule has 0 bridgehead atoms. The number of thioether (sulfide) groups is 1. The summed E-state index contributed by atoms with van der Waals surface area (Å²) in [6.07, 6.45) is 0. The normalized spacial score (nSPS) is 19.7. The molecule has 3 heterocycles. The zero-order valence-corrected chi connectivity index (χ0v) is 24.9. The molecule has 4 aromatic rings. The summed E-state index contributed by atoms with van der Waals surface area (Å²) in [5.74, 6) is -2.80. The lowest BCUT2D eigenvalue weighted by Crippen LogP contribution is -2.33. The van der Waals surface area contributed by atoms with Crippen LogP contribution in [0.1, 0.15) is 21.9 Å². The quantitative estimate of drug-likeness (QED) is 0.271. The Balaban J connectivity index is 1.36. The number of primary sulfonamides is 1. The highest BCUT2D eigenvalue weighted by atomic mass is 32.2. The van der Waals surface area contributed by atoms with E-state index >= 15 is 0 Å². The lowest BCUT2D eigenvalue weighted by Gasteiger charge is -2.30. The van der Waals surface area contributed by atoms with Crippen molar-refractivity contribution in [3.8, 4) is 5.75 Å². The number of amides is 3. The highest BCUT2D eigenvalue weighted by Crippen LogP contribution is 2.54. The monoisotopic (exact) mass is 636 g/mol. The van der Waals surface area contributed by atoms with Crippen LogP contribution in [0.2, 0.25) is 0 Å². The summed E-state index contributed by atoms with van der Waals surface area (Å²) in [5.41, 5.74) is 2.37. The lowest BCUT2D eigenvalue weighted by atomic mass is 9.83. The zero-order valence-electron chi connectivity index (χ0n) is 22.5. The number of thiazole rings is 1. The molecule has 1 aromatic heterocycles. The summed E-state index contributed by atoms with van der Waals surface area (Å²) in [4.78, 5) is 55.2. The molecule has 4 N–H and O–H groups in total. The molecule has 1 fully saturated rings. The molecule has 1 saturated heterocycles. The number of sulfonamides is 1. The molecule has 2 aliphatic rings. The highest BCUT2D eigenvalue weighted by Gasteiger charge is 2.56. The number of phenolic OH excluding ortho intramolecular Hbond substituents is 1. The van der Waals surface area contributed by atoms with Crippen LogP contribution in [0.3, 0.4) is 0 Å². The van der Waals surface area contributed by atoms with E-state index in [-0.39, 0.29) is 23.1 Å². The maximum Gasteiger partial charge on any atom is 0.308 e. The van der Waals surface area contributed by atoms with Gasteiger partial charge in [0.25, 0.3) is 0 Å². The van der Waals surface area contributed by atoms with Crippen LogP contribution in [0.4, 0.5) is 11.4 Å². The predicted octanol–water partition coefficient (Wildman–Crippen LogP) is 3.01. The van der Waals surface area contributed by atoms with E-state index < -0.39 is 43.8 Å². The molecule has 0 aliphatic carbocycles. The Morgan fingerprint density at radius 2 is 1.60 bits per heavy atom. The van der Waals surface area contributed by atoms with Crippen LogP contribution in [0.15, 0.2) is 87.5 Å². The lowest BCUT2D eigenvalue weighted by molar-refractivity contribution is -0.122. The smallest absolute Gasteiger partial charge is 0.308 e. The van der Waals surface area contributed by atoms with Gasteiger partial charge >= 0.3 is 4.87 Å². The van der Waals surface area contributed by atoms with Gasteiger partial charge in [-0.15, -0.1) is 0 Å². The minimum Gasteiger partial charge on any atom is -0.508 e. The van der Waals surface area contributed by atoms with Gasteiger partial charge in [-0.25, -0.2) is 18.5 Å². The highest BCUT2D eigenvalue weighted by molar-refractivity contribution is 8.00. The second-order valence-corrected chi connectivity index (χ2v) is 13.9. The van der Waals surface area contributed by atoms with Crippen molar-refractivity contribution in [2.75, 3.05) is 10.2 Å². The number of aromatic nitrogens is 1. The van der Waals surface area contributed by atoms with Crippen molar-refractivity contribution in [3.63, 3.8) is 0 Å². The Bertz CT molecular complexity index is 1930. The summed E-state index contributed by atoms with van der Waals surface area (Å²) in [5, 5.41) is 17.2. The fraction of sp³-hybridized carbons (Fsp3) is 0.172. The van der Waals surface area contributed by atoms with E-state index in [0.29, 0.717) is 26.8 Å². The number of nitrogens with two attached hydrogens (primary N) is 1. The van der Waals surface area contributed by atoms with E-state index in [0.717, 1.165) is 28.7 Å². The van der Waals surface area contributed by atoms with Gasteiger partial charge in [0.05, 0.1) is 21.5 Å². The van der Waals surface area contributed by atoms with Gasteiger partial charge in [-0.1, -0.05) is 52.9 Å². The van der Waals surface area contributed by atoms with Gasteiger partial charge in [0.15, 0.2) is 0 Å². The van der Waals surface area contributed by atoms with Gasteiger partial charge < -0.3 is 10.4 Å². The second-order valence-electron chi connectivity index (χ2n) is 10.2. The Hall–Kier alpha value is -4.24. The average Bonchev–Trinajstić information content (AvgIpc) is 3.40. The van der Waals surface area contributed by atoms with E-state index in [2.05, 4.69) is 5.32 Å². The molecule has 43 heavy (non-hydrogen) atoms. The van der Waals surface area contributed by atoms with Crippen LogP contribution in [0, 0.1) is 12.8 Å². The third-order valence-corrected chi connectivity index (χ3v) is 10.9. The molecular weight excluding hydrogens is 613 g/mol. The van der Waals surface area contributed by atoms with Crippen LogP contribution in [-0.4, -0.2) is 41.1 Å². The molecule has 2 aliphatic heterocycles. The molecule has 6 rings (SSSR count). The number of nitrogens with zero attached hydrogens (tertiary/aromatic N) is 2. The van der Waals surface area contributed by atoms with Crippen LogP contribution in [0.25, 0.3) is 0 Å². The maximum absolute atomic E-state index is 13.9. The van der Waals surface area contributed by atoms with Crippen LogP contribution in [0.5, 0.6) is 5.75 Å². The topological polar surface area (TPSA) is 169 Å². The van der Waals surface area contributed by atoms with Crippen LogP contribution < -0.4 is 20.2 Å². The number of hydrogen-bond acceptors (Lipinski definition) is 9. The molecule has 14 heteroatoms. The minimum atomic E-state index is -3.90. The van der Waals surface area contributed by atoms with Crippen molar-refractivity contribution in [3.05, 3.63) is 98.5 Å². The van der Waals surface area contributed by atoms with Crippen molar-refractivity contribution < 1.29 is 27.9 Å². The first kappa shape index (κ1) is 28.9. The fourth-order valence-electron chi connectivity index (χ4n) is 5.32. The minimum absolute atomic E-state index is 0.0281. The molecule has 0 radical (unpaired) electrons. The maximum atomic E-state index is 13.9. The Labute approximate surface area is 254 Å². The van der Waals surface area contributed by atoms with Gasteiger partial charge in [0, 0.05) is 16.5 Å². The summed E-state index contributed by atoms with van der Waals surface area (Å²) in [6, 6.07) is 18.6. The Morgan fingerprint density at radius 1 is 0.953 bits per heavy atom. The van der Waals surface area contributed by atoms with E-state index in [9.17, 15) is 32.7 Å². The molecule has 3 amide bonds. The third-order valence-electron chi connectivity index (χ3n) is 7.36. The molecule has 220 valence electrons. The number of phenols is 1. The van der Waals surface area contributed by atoms with Gasteiger partial charge in [0.2, 0.25) is 27.7 Å². The number of rotatable bonds is 6. The van der Waals surface area contributed by atoms with Crippen molar-refractivity contribution in [2.45, 2.75) is 34.6 Å². The molecule has 3 atom stereocenters. The molecule has 0 saturated carbocycles. The predicted molar refractivity (Wildman–Crippen MR) is 162 cm³/mol. The SMILES string of the molecule is Cc1ccc(N2C(=O)C3Sc4c(sc(=O)n4CC(=O)Nc4ccc(S(N)(=O)=O)cc4)C(c4ccc(O)cc4)C3C2=O)cc1. The second kappa shape index (κ2) is 10.8. The van der Waals surface area contributed by atoms with Gasteiger partial charge in [0.1, 0.15) is 17.5 Å². The van der Waals surface area contributed by atoms with Crippen molar-refractivity contribution in [1.29, 1.82) is 0 Å². The van der Waals surface area contributed by atoms with Crippen LogP contribution in [-0.2, 0) is 31.0 Å². The summed E-state index contributed by atoms with van der Waals surface area (Å²) in [7, 11) is -3.90. The first-order valence-electron chi connectivity index (χ1n) is 13.0. The number of aromatic hydroxyl groups is 1. The van der Waals surface area contributed by atoms with Gasteiger partial charge in [-0.2, -0.15) is 0 Å². The number of anilines is 2. The number of imide groups is 1. The number of carbonyl (C=O) groups excluding carboxylic acids is 3. The van der Waals surface area contributed by atoms with E-state index in [4.69, 9.17) is 5.14 Å². The molecule has 3 unspecified atom stereocenters.